The van der Waals surface area contributed by atoms with Crippen molar-refractivity contribution in [3.05, 3.63) is 34.1 Å². The highest BCUT2D eigenvalue weighted by atomic mass is 79.9. The molecule has 0 saturated heterocycles. The Morgan fingerprint density at radius 1 is 1.41 bits per heavy atom. The lowest BCUT2D eigenvalue weighted by molar-refractivity contribution is -0.124. The fourth-order valence-electron chi connectivity index (χ4n) is 3.33. The minimum Gasteiger partial charge on any atom is -0.493 e. The smallest absolute Gasteiger partial charge is 0.258 e. The fourth-order valence-corrected chi connectivity index (χ4v) is 3.91. The average Bonchev–Trinajstić information content (AvgIpc) is 3.02. The molecule has 29 heavy (non-hydrogen) atoms. The molecule has 1 amide bonds. The number of halogens is 1. The third-order valence-electron chi connectivity index (χ3n) is 4.74. The van der Waals surface area contributed by atoms with E-state index in [2.05, 4.69) is 31.3 Å². The molecular weight excluding hydrogens is 438 g/mol. The molecule has 1 saturated carbocycles. The van der Waals surface area contributed by atoms with Gasteiger partial charge in [0.15, 0.2) is 18.1 Å². The van der Waals surface area contributed by atoms with Crippen LogP contribution >= 0.6 is 15.9 Å². The van der Waals surface area contributed by atoms with Gasteiger partial charge in [-0.3, -0.25) is 4.79 Å². The van der Waals surface area contributed by atoms with E-state index in [9.17, 15) is 4.79 Å². The van der Waals surface area contributed by atoms with Crippen molar-refractivity contribution in [2.75, 3.05) is 19.5 Å². The Hall–Kier alpha value is -2.55. The van der Waals surface area contributed by atoms with Gasteiger partial charge in [0.1, 0.15) is 0 Å². The van der Waals surface area contributed by atoms with Crippen molar-refractivity contribution in [1.82, 2.24) is 15.0 Å². The number of aromatic nitrogens is 2. The maximum absolute atomic E-state index is 12.2. The third kappa shape index (κ3) is 5.72. The quantitative estimate of drug-likeness (QED) is 0.613. The maximum Gasteiger partial charge on any atom is 0.258 e. The number of nitrogens with two attached hydrogens (primary N) is 1. The number of hydrogen-bond donors (Lipinski definition) is 2. The van der Waals surface area contributed by atoms with E-state index < -0.39 is 0 Å². The van der Waals surface area contributed by atoms with Crippen LogP contribution in [0.1, 0.15) is 43.4 Å². The molecule has 3 N–H and O–H groups in total. The molecular formula is C20H26BrN5O3. The number of aryl methyl sites for hydroxylation is 1. The van der Waals surface area contributed by atoms with Crippen LogP contribution in [0.4, 0.5) is 5.95 Å². The predicted molar refractivity (Wildman–Crippen MR) is 116 cm³/mol. The molecule has 2 aromatic rings. The van der Waals surface area contributed by atoms with Gasteiger partial charge in [0.2, 0.25) is 5.95 Å². The van der Waals surface area contributed by atoms with Crippen LogP contribution in [-0.4, -0.2) is 41.5 Å². The number of methoxy groups -OCH3 is 1. The molecule has 1 fully saturated rings. The van der Waals surface area contributed by atoms with E-state index in [1.54, 1.807) is 25.6 Å². The predicted octanol–water partition coefficient (Wildman–Crippen LogP) is 3.25. The van der Waals surface area contributed by atoms with Gasteiger partial charge < -0.3 is 20.5 Å². The first-order valence-corrected chi connectivity index (χ1v) is 10.4. The second-order valence-electron chi connectivity index (χ2n) is 7.05. The number of nitrogen functional groups attached to an aromatic ring is 1. The number of anilines is 1. The third-order valence-corrected chi connectivity index (χ3v) is 5.32. The molecule has 1 heterocycles. The Labute approximate surface area is 178 Å². The minimum absolute atomic E-state index is 0.0657. The van der Waals surface area contributed by atoms with Crippen molar-refractivity contribution >= 4 is 34.0 Å². The molecule has 8 nitrogen and oxygen atoms in total. The number of carbonyl (C=O) groups is 1. The second kappa shape index (κ2) is 9.78. The SMILES string of the molecule is COc1cc(C=Nn2cc(C)nc2N)cc(Br)c1OCC(=O)NC1CCCCC1. The Morgan fingerprint density at radius 2 is 2.17 bits per heavy atom. The number of hydrogen-bond acceptors (Lipinski definition) is 6. The zero-order chi connectivity index (χ0) is 20.8. The Kier molecular flexibility index (Phi) is 7.13. The molecule has 0 spiro atoms. The van der Waals surface area contributed by atoms with Gasteiger partial charge in [-0.25, -0.2) is 9.66 Å². The van der Waals surface area contributed by atoms with E-state index in [0.29, 0.717) is 21.9 Å². The van der Waals surface area contributed by atoms with E-state index >= 15 is 0 Å². The van der Waals surface area contributed by atoms with Gasteiger partial charge in [0, 0.05) is 6.04 Å². The van der Waals surface area contributed by atoms with E-state index in [-0.39, 0.29) is 18.6 Å². The van der Waals surface area contributed by atoms with Crippen LogP contribution in [0, 0.1) is 6.92 Å². The maximum atomic E-state index is 12.2. The van der Waals surface area contributed by atoms with Crippen molar-refractivity contribution in [2.45, 2.75) is 45.1 Å². The van der Waals surface area contributed by atoms with Gasteiger partial charge in [0.25, 0.3) is 5.91 Å². The van der Waals surface area contributed by atoms with E-state index in [1.165, 1.54) is 23.9 Å². The molecule has 156 valence electrons. The molecule has 0 aliphatic heterocycles. The molecule has 1 aliphatic carbocycles. The summed E-state index contributed by atoms with van der Waals surface area (Å²) in [6, 6.07) is 3.87. The summed E-state index contributed by atoms with van der Waals surface area (Å²) in [5, 5.41) is 7.35. The van der Waals surface area contributed by atoms with Crippen molar-refractivity contribution in [1.29, 1.82) is 0 Å². The molecule has 0 radical (unpaired) electrons. The molecule has 1 aromatic carbocycles. The standard InChI is InChI=1S/C20H26BrN5O3/c1-13-11-26(20(22)24-13)23-10-14-8-16(21)19(17(9-14)28-2)29-12-18(27)25-15-6-4-3-5-7-15/h8-11,15H,3-7,12H2,1-2H3,(H2,22,24)(H,25,27). The van der Waals surface area contributed by atoms with Crippen molar-refractivity contribution in [3.8, 4) is 11.5 Å². The lowest BCUT2D eigenvalue weighted by atomic mass is 9.95. The van der Waals surface area contributed by atoms with Crippen LogP contribution in [-0.2, 0) is 4.79 Å². The molecule has 0 atom stereocenters. The Balaban J connectivity index is 1.66. The van der Waals surface area contributed by atoms with Crippen molar-refractivity contribution < 1.29 is 14.3 Å². The number of nitrogens with one attached hydrogen (secondary N) is 1. The lowest BCUT2D eigenvalue weighted by Gasteiger charge is -2.23. The van der Waals surface area contributed by atoms with Crippen LogP contribution in [0.3, 0.4) is 0 Å². The summed E-state index contributed by atoms with van der Waals surface area (Å²) in [6.07, 6.45) is 9.03. The van der Waals surface area contributed by atoms with Gasteiger partial charge in [-0.2, -0.15) is 5.10 Å². The fraction of sp³-hybridized carbons (Fsp3) is 0.450. The molecule has 3 rings (SSSR count). The van der Waals surface area contributed by atoms with Gasteiger partial charge in [-0.05, 0) is 53.4 Å². The summed E-state index contributed by atoms with van der Waals surface area (Å²) in [6.45, 7) is 1.78. The first kappa shape index (κ1) is 21.2. The highest BCUT2D eigenvalue weighted by molar-refractivity contribution is 9.10. The zero-order valence-corrected chi connectivity index (χ0v) is 18.2. The first-order valence-electron chi connectivity index (χ1n) is 9.61. The Bertz CT molecular complexity index is 890. The monoisotopic (exact) mass is 463 g/mol. The summed E-state index contributed by atoms with van der Waals surface area (Å²) < 4.78 is 13.3. The minimum atomic E-state index is -0.123. The molecule has 1 aromatic heterocycles. The van der Waals surface area contributed by atoms with E-state index in [4.69, 9.17) is 15.2 Å². The van der Waals surface area contributed by atoms with E-state index in [1.807, 2.05) is 13.0 Å². The van der Waals surface area contributed by atoms with Crippen molar-refractivity contribution in [2.24, 2.45) is 5.10 Å². The summed E-state index contributed by atoms with van der Waals surface area (Å²) in [7, 11) is 1.55. The summed E-state index contributed by atoms with van der Waals surface area (Å²) >= 11 is 3.49. The van der Waals surface area contributed by atoms with Crippen molar-refractivity contribution in [3.63, 3.8) is 0 Å². The topological polar surface area (TPSA) is 104 Å². The number of imidazole rings is 1. The largest absolute Gasteiger partial charge is 0.493 e. The van der Waals surface area contributed by atoms with Crippen LogP contribution in [0.25, 0.3) is 0 Å². The summed E-state index contributed by atoms with van der Waals surface area (Å²) in [5.41, 5.74) is 7.36. The number of benzene rings is 1. The highest BCUT2D eigenvalue weighted by Crippen LogP contribution is 2.36. The van der Waals surface area contributed by atoms with E-state index in [0.717, 1.165) is 24.1 Å². The molecule has 0 unspecified atom stereocenters. The van der Waals surface area contributed by atoms with Crippen LogP contribution in [0.2, 0.25) is 0 Å². The highest BCUT2D eigenvalue weighted by Gasteiger charge is 2.17. The van der Waals surface area contributed by atoms with Crippen LogP contribution in [0.5, 0.6) is 11.5 Å². The molecule has 0 bridgehead atoms. The second-order valence-corrected chi connectivity index (χ2v) is 7.91. The lowest BCUT2D eigenvalue weighted by Crippen LogP contribution is -2.39. The molecule has 1 aliphatic rings. The first-order chi connectivity index (χ1) is 14.0. The van der Waals surface area contributed by atoms with Gasteiger partial charge in [0.05, 0.1) is 29.7 Å². The van der Waals surface area contributed by atoms with Gasteiger partial charge >= 0.3 is 0 Å². The summed E-state index contributed by atoms with van der Waals surface area (Å²) in [4.78, 5) is 16.3. The number of rotatable bonds is 7. The Morgan fingerprint density at radius 3 is 2.83 bits per heavy atom. The number of carbonyl (C=O) groups excluding carboxylic acids is 1. The number of amides is 1. The summed E-state index contributed by atoms with van der Waals surface area (Å²) in [5.74, 6) is 1.17. The number of nitrogens with zero attached hydrogens (tertiary/aromatic N) is 3. The average molecular weight is 464 g/mol. The van der Waals surface area contributed by atoms with Gasteiger partial charge in [-0.15, -0.1) is 0 Å². The van der Waals surface area contributed by atoms with Gasteiger partial charge in [-0.1, -0.05) is 19.3 Å². The van der Waals surface area contributed by atoms with Crippen LogP contribution in [0.15, 0.2) is 27.9 Å². The molecule has 9 heteroatoms. The van der Waals surface area contributed by atoms with Crippen LogP contribution < -0.4 is 20.5 Å². The normalized spacial score (nSPS) is 14.9. The number of ether oxygens (including phenoxy) is 2. The zero-order valence-electron chi connectivity index (χ0n) is 16.7.